The summed E-state index contributed by atoms with van der Waals surface area (Å²) in [6, 6.07) is 11.5. The van der Waals surface area contributed by atoms with E-state index in [1.807, 2.05) is 13.0 Å². The molecule has 0 radical (unpaired) electrons. The molecule has 1 N–H and O–H groups in total. The van der Waals surface area contributed by atoms with Gasteiger partial charge in [-0.1, -0.05) is 32.9 Å². The number of carbonyl (C=O) groups excluding carboxylic acids is 2. The van der Waals surface area contributed by atoms with E-state index in [1.165, 1.54) is 10.5 Å². The molecule has 0 atom stereocenters. The number of pyridine rings is 1. The molecule has 0 aliphatic heterocycles. The molecule has 0 spiro atoms. The quantitative estimate of drug-likeness (QED) is 0.687. The molecule has 0 fully saturated rings. The van der Waals surface area contributed by atoms with Crippen molar-refractivity contribution in [3.8, 4) is 0 Å². The van der Waals surface area contributed by atoms with Gasteiger partial charge >= 0.3 is 5.97 Å². The SMILES string of the molecule is Cc1ccc2nc(COC(=O)c3cccc(NC(=O)C(C)(C)C)c3)cc(=O)n2c1. The Morgan fingerprint density at radius 3 is 2.62 bits per heavy atom. The van der Waals surface area contributed by atoms with Crippen LogP contribution in [-0.2, 0) is 16.1 Å². The van der Waals surface area contributed by atoms with E-state index in [9.17, 15) is 14.4 Å². The number of aromatic nitrogens is 2. The first-order valence-corrected chi connectivity index (χ1v) is 9.21. The Kier molecular flexibility index (Phi) is 5.50. The molecule has 0 unspecified atom stereocenters. The van der Waals surface area contributed by atoms with Gasteiger partial charge in [0.15, 0.2) is 0 Å². The highest BCUT2D eigenvalue weighted by Gasteiger charge is 2.21. The van der Waals surface area contributed by atoms with Gasteiger partial charge in [0.2, 0.25) is 5.91 Å². The van der Waals surface area contributed by atoms with Gasteiger partial charge in [0.25, 0.3) is 5.56 Å². The standard InChI is InChI=1S/C22H23N3O4/c1-14-8-9-18-23-17(11-19(26)25(18)12-14)13-29-20(27)15-6-5-7-16(10-15)24-21(28)22(2,3)4/h5-12H,13H2,1-4H3,(H,24,28). The van der Waals surface area contributed by atoms with Gasteiger partial charge in [0, 0.05) is 23.4 Å². The molecular weight excluding hydrogens is 370 g/mol. The number of aryl methyl sites for hydroxylation is 1. The number of hydrogen-bond acceptors (Lipinski definition) is 5. The summed E-state index contributed by atoms with van der Waals surface area (Å²) in [4.78, 5) is 41.1. The average Bonchev–Trinajstić information content (AvgIpc) is 2.66. The largest absolute Gasteiger partial charge is 0.456 e. The number of hydrogen-bond donors (Lipinski definition) is 1. The molecule has 7 heteroatoms. The molecular formula is C22H23N3O4. The van der Waals surface area contributed by atoms with Gasteiger partial charge in [-0.25, -0.2) is 9.78 Å². The predicted molar refractivity (Wildman–Crippen MR) is 110 cm³/mol. The van der Waals surface area contributed by atoms with Crippen molar-refractivity contribution >= 4 is 23.2 Å². The molecule has 0 saturated carbocycles. The summed E-state index contributed by atoms with van der Waals surface area (Å²) < 4.78 is 6.75. The summed E-state index contributed by atoms with van der Waals surface area (Å²) in [5.74, 6) is -0.721. The number of carbonyl (C=O) groups is 2. The monoisotopic (exact) mass is 393 g/mol. The molecule has 1 amide bonds. The Morgan fingerprint density at radius 2 is 1.90 bits per heavy atom. The van der Waals surface area contributed by atoms with Gasteiger partial charge in [-0.3, -0.25) is 14.0 Å². The lowest BCUT2D eigenvalue weighted by atomic mass is 9.95. The molecule has 0 aliphatic carbocycles. The van der Waals surface area contributed by atoms with Gasteiger partial charge in [-0.05, 0) is 36.8 Å². The molecule has 3 rings (SSSR count). The lowest BCUT2D eigenvalue weighted by Gasteiger charge is -2.17. The molecule has 2 heterocycles. The van der Waals surface area contributed by atoms with Gasteiger partial charge in [-0.15, -0.1) is 0 Å². The summed E-state index contributed by atoms with van der Waals surface area (Å²) >= 11 is 0. The zero-order valence-electron chi connectivity index (χ0n) is 16.9. The molecule has 0 bridgehead atoms. The van der Waals surface area contributed by atoms with E-state index < -0.39 is 11.4 Å². The Balaban J connectivity index is 1.72. The summed E-state index contributed by atoms with van der Waals surface area (Å²) in [6.45, 7) is 7.18. The third kappa shape index (κ3) is 4.87. The zero-order valence-corrected chi connectivity index (χ0v) is 16.9. The Bertz CT molecular complexity index is 1140. The van der Waals surface area contributed by atoms with E-state index in [2.05, 4.69) is 10.3 Å². The normalized spacial score (nSPS) is 11.3. The summed E-state index contributed by atoms with van der Waals surface area (Å²) in [7, 11) is 0. The lowest BCUT2D eigenvalue weighted by molar-refractivity contribution is -0.123. The van der Waals surface area contributed by atoms with Crippen LogP contribution in [0.15, 0.2) is 53.5 Å². The Labute approximate surface area is 168 Å². The Hall–Kier alpha value is -3.48. The van der Waals surface area contributed by atoms with Crippen molar-refractivity contribution in [2.45, 2.75) is 34.3 Å². The van der Waals surface area contributed by atoms with Crippen LogP contribution in [-0.4, -0.2) is 21.3 Å². The lowest BCUT2D eigenvalue weighted by Crippen LogP contribution is -2.27. The van der Waals surface area contributed by atoms with Gasteiger partial charge in [0.1, 0.15) is 12.3 Å². The second-order valence-electron chi connectivity index (χ2n) is 7.88. The number of benzene rings is 1. The van der Waals surface area contributed by atoms with Crippen LogP contribution in [0.5, 0.6) is 0 Å². The van der Waals surface area contributed by atoms with Crippen LogP contribution in [0.4, 0.5) is 5.69 Å². The minimum absolute atomic E-state index is 0.128. The third-order valence-electron chi connectivity index (χ3n) is 4.25. The van der Waals surface area contributed by atoms with Crippen molar-refractivity contribution in [1.82, 2.24) is 9.38 Å². The fraction of sp³-hybridized carbons (Fsp3) is 0.273. The highest BCUT2D eigenvalue weighted by molar-refractivity contribution is 5.96. The van der Waals surface area contributed by atoms with Gasteiger partial charge in [-0.2, -0.15) is 0 Å². The minimum atomic E-state index is -0.567. The van der Waals surface area contributed by atoms with Gasteiger partial charge < -0.3 is 10.1 Å². The average molecular weight is 393 g/mol. The number of nitrogens with one attached hydrogen (secondary N) is 1. The minimum Gasteiger partial charge on any atom is -0.456 e. The topological polar surface area (TPSA) is 89.8 Å². The van der Waals surface area contributed by atoms with Crippen LogP contribution in [0.1, 0.15) is 42.4 Å². The maximum atomic E-state index is 12.4. The van der Waals surface area contributed by atoms with Gasteiger partial charge in [0.05, 0.1) is 11.3 Å². The second-order valence-corrected chi connectivity index (χ2v) is 7.88. The van der Waals surface area contributed by atoms with E-state index in [0.717, 1.165) is 5.56 Å². The third-order valence-corrected chi connectivity index (χ3v) is 4.25. The molecule has 0 aliphatic rings. The van der Waals surface area contributed by atoms with Crippen molar-refractivity contribution in [1.29, 1.82) is 0 Å². The first-order chi connectivity index (χ1) is 13.6. The second kappa shape index (κ2) is 7.87. The molecule has 29 heavy (non-hydrogen) atoms. The van der Waals surface area contributed by atoms with E-state index in [-0.39, 0.29) is 18.1 Å². The van der Waals surface area contributed by atoms with E-state index in [0.29, 0.717) is 22.6 Å². The number of nitrogens with zero attached hydrogens (tertiary/aromatic N) is 2. The smallest absolute Gasteiger partial charge is 0.338 e. The molecule has 2 aromatic heterocycles. The predicted octanol–water partition coefficient (Wildman–Crippen LogP) is 3.34. The highest BCUT2D eigenvalue weighted by Crippen LogP contribution is 2.18. The van der Waals surface area contributed by atoms with E-state index >= 15 is 0 Å². The van der Waals surface area contributed by atoms with Crippen LogP contribution in [0.3, 0.4) is 0 Å². The number of amides is 1. The van der Waals surface area contributed by atoms with E-state index in [1.54, 1.807) is 57.3 Å². The summed E-state index contributed by atoms with van der Waals surface area (Å²) in [5.41, 5.74) is 1.81. The highest BCUT2D eigenvalue weighted by atomic mass is 16.5. The molecule has 3 aromatic rings. The number of anilines is 1. The molecule has 150 valence electrons. The Morgan fingerprint density at radius 1 is 1.14 bits per heavy atom. The van der Waals surface area contributed by atoms with Crippen molar-refractivity contribution in [3.05, 3.63) is 75.8 Å². The first-order valence-electron chi connectivity index (χ1n) is 9.21. The number of rotatable bonds is 4. The maximum Gasteiger partial charge on any atom is 0.338 e. The number of fused-ring (bicyclic) bond motifs is 1. The molecule has 0 saturated heterocycles. The van der Waals surface area contributed by atoms with Crippen LogP contribution < -0.4 is 10.9 Å². The zero-order chi connectivity index (χ0) is 21.2. The van der Waals surface area contributed by atoms with Crippen LogP contribution in [0.2, 0.25) is 0 Å². The van der Waals surface area contributed by atoms with Crippen LogP contribution in [0, 0.1) is 12.3 Å². The summed E-state index contributed by atoms with van der Waals surface area (Å²) in [6.07, 6.45) is 1.71. The van der Waals surface area contributed by atoms with Crippen molar-refractivity contribution in [2.75, 3.05) is 5.32 Å². The van der Waals surface area contributed by atoms with Crippen molar-refractivity contribution in [2.24, 2.45) is 5.41 Å². The molecule has 1 aromatic carbocycles. The molecule has 7 nitrogen and oxygen atoms in total. The number of ether oxygens (including phenoxy) is 1. The summed E-state index contributed by atoms with van der Waals surface area (Å²) in [5, 5.41) is 2.78. The van der Waals surface area contributed by atoms with Crippen molar-refractivity contribution < 1.29 is 14.3 Å². The van der Waals surface area contributed by atoms with Crippen molar-refractivity contribution in [3.63, 3.8) is 0 Å². The van der Waals surface area contributed by atoms with Crippen LogP contribution in [0.25, 0.3) is 5.65 Å². The number of esters is 1. The van der Waals surface area contributed by atoms with Crippen LogP contribution >= 0.6 is 0 Å². The van der Waals surface area contributed by atoms with E-state index in [4.69, 9.17) is 4.74 Å². The first kappa shape index (κ1) is 20.3. The fourth-order valence-corrected chi connectivity index (χ4v) is 2.60. The fourth-order valence-electron chi connectivity index (χ4n) is 2.60. The maximum absolute atomic E-state index is 12.4.